The van der Waals surface area contributed by atoms with Crippen LogP contribution in [0.25, 0.3) is 11.3 Å². The number of rotatable bonds is 3. The van der Waals surface area contributed by atoms with Gasteiger partial charge in [-0.3, -0.25) is 9.48 Å². The van der Waals surface area contributed by atoms with Gasteiger partial charge in [0, 0.05) is 48.9 Å². The molecule has 1 amide bonds. The van der Waals surface area contributed by atoms with Crippen LogP contribution in [0.3, 0.4) is 0 Å². The van der Waals surface area contributed by atoms with Crippen molar-refractivity contribution in [3.05, 3.63) is 94.4 Å². The fourth-order valence-electron chi connectivity index (χ4n) is 3.96. The number of aromatic nitrogens is 3. The zero-order valence-electron chi connectivity index (χ0n) is 16.3. The van der Waals surface area contributed by atoms with E-state index in [1.807, 2.05) is 48.6 Å². The molecule has 1 aliphatic heterocycles. The summed E-state index contributed by atoms with van der Waals surface area (Å²) in [7, 11) is 1.90. The van der Waals surface area contributed by atoms with Crippen molar-refractivity contribution in [2.75, 3.05) is 6.54 Å². The van der Waals surface area contributed by atoms with Crippen LogP contribution < -0.4 is 0 Å². The lowest BCUT2D eigenvalue weighted by atomic mass is 9.86. The van der Waals surface area contributed by atoms with E-state index in [2.05, 4.69) is 22.4 Å². The third-order valence-corrected chi connectivity index (χ3v) is 5.72. The van der Waals surface area contributed by atoms with Gasteiger partial charge in [-0.15, -0.1) is 0 Å². The topological polar surface area (TPSA) is 64.2 Å². The fraction of sp³-hybridized carbons (Fsp3) is 0.174. The predicted molar refractivity (Wildman–Crippen MR) is 113 cm³/mol. The van der Waals surface area contributed by atoms with Crippen molar-refractivity contribution in [2.45, 2.75) is 12.5 Å². The molecule has 150 valence electrons. The molecule has 6 nitrogen and oxygen atoms in total. The van der Waals surface area contributed by atoms with E-state index >= 15 is 0 Å². The second-order valence-electron chi connectivity index (χ2n) is 7.47. The summed E-state index contributed by atoms with van der Waals surface area (Å²) < 4.78 is 7.22. The molecular formula is C23H19ClN4O2. The molecule has 2 aromatic heterocycles. The Bertz CT molecular complexity index is 1210. The first kappa shape index (κ1) is 18.6. The Morgan fingerprint density at radius 2 is 1.97 bits per heavy atom. The largest absolute Gasteiger partial charge is 0.355 e. The van der Waals surface area contributed by atoms with Gasteiger partial charge in [-0.2, -0.15) is 5.10 Å². The number of hydrogen-bond acceptors (Lipinski definition) is 4. The van der Waals surface area contributed by atoms with Crippen LogP contribution in [0.1, 0.15) is 33.1 Å². The normalized spacial score (nSPS) is 15.8. The van der Waals surface area contributed by atoms with Crippen LogP contribution >= 0.6 is 11.6 Å². The molecule has 1 unspecified atom stereocenters. The van der Waals surface area contributed by atoms with E-state index < -0.39 is 0 Å². The van der Waals surface area contributed by atoms with Crippen LogP contribution in [0.2, 0.25) is 5.02 Å². The zero-order valence-corrected chi connectivity index (χ0v) is 17.1. The average Bonchev–Trinajstić information content (AvgIpc) is 3.42. The SMILES string of the molecule is Cn1cc(C2CN(C(=O)c3cc(-c4ccc(Cl)cc4)on3)Cc3ccccc32)cn1. The van der Waals surface area contributed by atoms with Crippen LogP contribution in [0.15, 0.2) is 71.5 Å². The molecule has 1 aliphatic rings. The molecule has 1 atom stereocenters. The van der Waals surface area contributed by atoms with E-state index in [0.717, 1.165) is 16.7 Å². The van der Waals surface area contributed by atoms with Crippen molar-refractivity contribution < 1.29 is 9.32 Å². The molecule has 0 N–H and O–H groups in total. The highest BCUT2D eigenvalue weighted by Crippen LogP contribution is 2.34. The Kier molecular flexibility index (Phi) is 4.64. The lowest BCUT2D eigenvalue weighted by Gasteiger charge is -2.34. The highest BCUT2D eigenvalue weighted by atomic mass is 35.5. The van der Waals surface area contributed by atoms with Gasteiger partial charge in [0.05, 0.1) is 6.20 Å². The number of aryl methyl sites for hydroxylation is 1. The minimum atomic E-state index is -0.151. The Balaban J connectivity index is 1.44. The van der Waals surface area contributed by atoms with Gasteiger partial charge in [0.2, 0.25) is 0 Å². The molecule has 30 heavy (non-hydrogen) atoms. The van der Waals surface area contributed by atoms with Crippen LogP contribution in [0.5, 0.6) is 0 Å². The summed E-state index contributed by atoms with van der Waals surface area (Å²) in [5, 5.41) is 8.99. The van der Waals surface area contributed by atoms with Gasteiger partial charge in [-0.1, -0.05) is 41.0 Å². The number of hydrogen-bond donors (Lipinski definition) is 0. The van der Waals surface area contributed by atoms with Crippen LogP contribution in [0, 0.1) is 0 Å². The molecule has 0 saturated carbocycles. The number of fused-ring (bicyclic) bond motifs is 1. The maximum Gasteiger partial charge on any atom is 0.276 e. The number of benzene rings is 2. The Labute approximate surface area is 178 Å². The van der Waals surface area contributed by atoms with Crippen LogP contribution in [-0.2, 0) is 13.6 Å². The van der Waals surface area contributed by atoms with Crippen LogP contribution in [-0.4, -0.2) is 32.3 Å². The summed E-state index contributed by atoms with van der Waals surface area (Å²) in [4.78, 5) is 15.1. The van der Waals surface area contributed by atoms with Crippen molar-refractivity contribution >= 4 is 17.5 Å². The summed E-state index contributed by atoms with van der Waals surface area (Å²) in [5.41, 5.74) is 4.57. The zero-order chi connectivity index (χ0) is 20.7. The molecule has 5 rings (SSSR count). The number of halogens is 1. The third kappa shape index (κ3) is 3.39. The van der Waals surface area contributed by atoms with E-state index in [0.29, 0.717) is 29.6 Å². The van der Waals surface area contributed by atoms with Gasteiger partial charge < -0.3 is 9.42 Å². The van der Waals surface area contributed by atoms with E-state index in [4.69, 9.17) is 16.1 Å². The third-order valence-electron chi connectivity index (χ3n) is 5.47. The van der Waals surface area contributed by atoms with E-state index in [1.165, 1.54) is 5.56 Å². The highest BCUT2D eigenvalue weighted by molar-refractivity contribution is 6.30. The Morgan fingerprint density at radius 1 is 1.17 bits per heavy atom. The summed E-state index contributed by atoms with van der Waals surface area (Å²) in [6, 6.07) is 17.2. The first-order chi connectivity index (χ1) is 14.6. The second kappa shape index (κ2) is 7.46. The van der Waals surface area contributed by atoms with E-state index in [9.17, 15) is 4.79 Å². The molecule has 0 saturated heterocycles. The molecule has 0 spiro atoms. The van der Waals surface area contributed by atoms with Gasteiger partial charge in [-0.25, -0.2) is 0 Å². The molecule has 2 aromatic carbocycles. The molecule has 4 aromatic rings. The van der Waals surface area contributed by atoms with Crippen molar-refractivity contribution in [1.82, 2.24) is 19.8 Å². The summed E-state index contributed by atoms with van der Waals surface area (Å²) in [6.45, 7) is 1.10. The summed E-state index contributed by atoms with van der Waals surface area (Å²) in [5.74, 6) is 0.453. The number of amides is 1. The number of carbonyl (C=O) groups is 1. The molecule has 0 bridgehead atoms. The Morgan fingerprint density at radius 3 is 2.73 bits per heavy atom. The maximum absolute atomic E-state index is 13.3. The number of nitrogens with zero attached hydrogens (tertiary/aromatic N) is 4. The predicted octanol–water partition coefficient (Wildman–Crippen LogP) is 4.52. The fourth-order valence-corrected chi connectivity index (χ4v) is 4.08. The summed E-state index contributed by atoms with van der Waals surface area (Å²) >= 11 is 5.95. The molecular weight excluding hydrogens is 400 g/mol. The minimum Gasteiger partial charge on any atom is -0.355 e. The molecule has 0 aliphatic carbocycles. The van der Waals surface area contributed by atoms with Crippen molar-refractivity contribution in [1.29, 1.82) is 0 Å². The quantitative estimate of drug-likeness (QED) is 0.490. The molecule has 0 radical (unpaired) electrons. The second-order valence-corrected chi connectivity index (χ2v) is 7.90. The standard InChI is InChI=1S/C23H19ClN4O2/c1-27-12-17(11-25-27)20-14-28(13-16-4-2-3-5-19(16)20)23(29)21-10-22(30-26-21)15-6-8-18(24)9-7-15/h2-12,20H,13-14H2,1H3. The first-order valence-corrected chi connectivity index (χ1v) is 10.0. The lowest BCUT2D eigenvalue weighted by molar-refractivity contribution is 0.0714. The smallest absolute Gasteiger partial charge is 0.276 e. The molecule has 3 heterocycles. The molecule has 0 fully saturated rings. The van der Waals surface area contributed by atoms with Gasteiger partial charge in [-0.05, 0) is 41.0 Å². The highest BCUT2D eigenvalue weighted by Gasteiger charge is 2.31. The minimum absolute atomic E-state index is 0.0650. The average molecular weight is 419 g/mol. The van der Waals surface area contributed by atoms with E-state index in [-0.39, 0.29) is 11.8 Å². The van der Waals surface area contributed by atoms with Gasteiger partial charge in [0.1, 0.15) is 0 Å². The Hall–Kier alpha value is -3.38. The first-order valence-electron chi connectivity index (χ1n) is 9.67. The van der Waals surface area contributed by atoms with Gasteiger partial charge in [0.15, 0.2) is 11.5 Å². The van der Waals surface area contributed by atoms with Crippen molar-refractivity contribution in [3.8, 4) is 11.3 Å². The van der Waals surface area contributed by atoms with Crippen molar-refractivity contribution in [2.24, 2.45) is 7.05 Å². The van der Waals surface area contributed by atoms with Gasteiger partial charge >= 0.3 is 0 Å². The monoisotopic (exact) mass is 418 g/mol. The van der Waals surface area contributed by atoms with Gasteiger partial charge in [0.25, 0.3) is 5.91 Å². The molecule has 7 heteroatoms. The number of carbonyl (C=O) groups excluding carboxylic acids is 1. The van der Waals surface area contributed by atoms with Crippen molar-refractivity contribution in [3.63, 3.8) is 0 Å². The summed E-state index contributed by atoms with van der Waals surface area (Å²) in [6.07, 6.45) is 3.87. The lowest BCUT2D eigenvalue weighted by Crippen LogP contribution is -2.38. The van der Waals surface area contributed by atoms with E-state index in [1.54, 1.807) is 22.9 Å². The van der Waals surface area contributed by atoms with Crippen LogP contribution in [0.4, 0.5) is 0 Å². The maximum atomic E-state index is 13.3.